The van der Waals surface area contributed by atoms with Crippen LogP contribution < -0.4 is 5.32 Å². The first-order valence-electron chi connectivity index (χ1n) is 6.07. The lowest BCUT2D eigenvalue weighted by atomic mass is 10.1. The summed E-state index contributed by atoms with van der Waals surface area (Å²) in [6.45, 7) is 3.96. The summed E-state index contributed by atoms with van der Waals surface area (Å²) in [5.74, 6) is 0.834. The van der Waals surface area contributed by atoms with Gasteiger partial charge < -0.3 is 5.32 Å². The highest BCUT2D eigenvalue weighted by molar-refractivity contribution is 9.10. The Hall–Kier alpha value is -1.26. The fourth-order valence-electron chi connectivity index (χ4n) is 2.24. The number of benzene rings is 1. The summed E-state index contributed by atoms with van der Waals surface area (Å²) in [5.41, 5.74) is 4.62. The molecule has 0 radical (unpaired) electrons. The van der Waals surface area contributed by atoms with E-state index in [1.807, 2.05) is 24.3 Å². The van der Waals surface area contributed by atoms with Gasteiger partial charge in [0.25, 0.3) is 0 Å². The van der Waals surface area contributed by atoms with Gasteiger partial charge in [-0.25, -0.2) is 9.97 Å². The predicted molar refractivity (Wildman–Crippen MR) is 75.3 cm³/mol. The monoisotopic (exact) mass is 303 g/mol. The third kappa shape index (κ3) is 2.18. The maximum Gasteiger partial charge on any atom is 0.159 e. The molecule has 0 fully saturated rings. The van der Waals surface area contributed by atoms with Crippen molar-refractivity contribution in [3.05, 3.63) is 45.7 Å². The van der Waals surface area contributed by atoms with Gasteiger partial charge in [0.2, 0.25) is 0 Å². The Morgan fingerprint density at radius 1 is 1.17 bits per heavy atom. The van der Waals surface area contributed by atoms with E-state index >= 15 is 0 Å². The molecule has 2 heterocycles. The first-order valence-corrected chi connectivity index (χ1v) is 6.86. The summed E-state index contributed by atoms with van der Waals surface area (Å²) in [5, 5.41) is 3.36. The molecular weight excluding hydrogens is 290 g/mol. The zero-order valence-corrected chi connectivity index (χ0v) is 11.8. The van der Waals surface area contributed by atoms with Crippen molar-refractivity contribution in [1.29, 1.82) is 0 Å². The fourth-order valence-corrected chi connectivity index (χ4v) is 2.50. The zero-order chi connectivity index (χ0) is 12.5. The molecule has 0 spiro atoms. The van der Waals surface area contributed by atoms with Crippen molar-refractivity contribution in [2.45, 2.75) is 19.9 Å². The second kappa shape index (κ2) is 4.78. The van der Waals surface area contributed by atoms with E-state index in [0.29, 0.717) is 0 Å². The Morgan fingerprint density at radius 2 is 1.94 bits per heavy atom. The fraction of sp³-hybridized carbons (Fsp3) is 0.286. The van der Waals surface area contributed by atoms with Crippen LogP contribution in [0.15, 0.2) is 28.7 Å². The molecule has 3 rings (SSSR count). The lowest BCUT2D eigenvalue weighted by Gasteiger charge is -2.18. The Balaban J connectivity index is 2.08. The van der Waals surface area contributed by atoms with E-state index in [1.54, 1.807) is 0 Å². The molecule has 0 aliphatic carbocycles. The van der Waals surface area contributed by atoms with Crippen LogP contribution in [-0.2, 0) is 13.0 Å². The van der Waals surface area contributed by atoms with Crippen molar-refractivity contribution >= 4 is 15.9 Å². The second-order valence-corrected chi connectivity index (χ2v) is 5.41. The normalized spacial score (nSPS) is 14.3. The number of hydrogen-bond acceptors (Lipinski definition) is 3. The Labute approximate surface area is 115 Å². The van der Waals surface area contributed by atoms with Gasteiger partial charge in [-0.1, -0.05) is 28.1 Å². The van der Waals surface area contributed by atoms with Crippen molar-refractivity contribution in [2.75, 3.05) is 6.54 Å². The molecule has 0 unspecified atom stereocenters. The molecular formula is C14H14BrN3. The smallest absolute Gasteiger partial charge is 0.159 e. The Morgan fingerprint density at radius 3 is 2.72 bits per heavy atom. The van der Waals surface area contributed by atoms with E-state index < -0.39 is 0 Å². The molecule has 1 aromatic carbocycles. The molecule has 1 N–H and O–H groups in total. The summed E-state index contributed by atoms with van der Waals surface area (Å²) in [4.78, 5) is 9.33. The number of hydrogen-bond donors (Lipinski definition) is 1. The maximum atomic E-state index is 4.71. The van der Waals surface area contributed by atoms with Crippen LogP contribution in [0.3, 0.4) is 0 Å². The minimum atomic E-state index is 0.834. The first kappa shape index (κ1) is 11.8. The number of rotatable bonds is 1. The number of fused-ring (bicyclic) bond motifs is 1. The van der Waals surface area contributed by atoms with Crippen LogP contribution in [0, 0.1) is 6.92 Å². The van der Waals surface area contributed by atoms with Crippen molar-refractivity contribution in [2.24, 2.45) is 0 Å². The van der Waals surface area contributed by atoms with Gasteiger partial charge in [0.05, 0.1) is 5.69 Å². The zero-order valence-electron chi connectivity index (χ0n) is 10.2. The van der Waals surface area contributed by atoms with Gasteiger partial charge in [-0.2, -0.15) is 0 Å². The van der Waals surface area contributed by atoms with Crippen LogP contribution in [0.25, 0.3) is 11.4 Å². The van der Waals surface area contributed by atoms with Crippen molar-refractivity contribution < 1.29 is 0 Å². The molecule has 0 saturated heterocycles. The van der Waals surface area contributed by atoms with Crippen molar-refractivity contribution in [3.63, 3.8) is 0 Å². The molecule has 0 bridgehead atoms. The van der Waals surface area contributed by atoms with Crippen LogP contribution in [0.2, 0.25) is 0 Å². The highest BCUT2D eigenvalue weighted by atomic mass is 79.9. The number of halogens is 1. The highest BCUT2D eigenvalue weighted by Crippen LogP contribution is 2.22. The topological polar surface area (TPSA) is 37.8 Å². The lowest BCUT2D eigenvalue weighted by Crippen LogP contribution is -2.26. The van der Waals surface area contributed by atoms with Gasteiger partial charge >= 0.3 is 0 Å². The average Bonchev–Trinajstić information content (AvgIpc) is 2.39. The molecule has 0 amide bonds. The minimum absolute atomic E-state index is 0.834. The van der Waals surface area contributed by atoms with Crippen LogP contribution >= 0.6 is 15.9 Å². The van der Waals surface area contributed by atoms with Gasteiger partial charge in [0.1, 0.15) is 0 Å². The van der Waals surface area contributed by atoms with E-state index in [0.717, 1.165) is 41.1 Å². The molecule has 1 aliphatic heterocycles. The summed E-state index contributed by atoms with van der Waals surface area (Å²) < 4.78 is 1.07. The van der Waals surface area contributed by atoms with E-state index in [9.17, 15) is 0 Å². The third-order valence-corrected chi connectivity index (χ3v) is 3.77. The number of aromatic nitrogens is 2. The van der Waals surface area contributed by atoms with E-state index in [1.165, 1.54) is 11.3 Å². The van der Waals surface area contributed by atoms with E-state index in [-0.39, 0.29) is 0 Å². The Kier molecular flexibility index (Phi) is 3.14. The van der Waals surface area contributed by atoms with Gasteiger partial charge in [-0.05, 0) is 19.1 Å². The van der Waals surface area contributed by atoms with Crippen molar-refractivity contribution in [3.8, 4) is 11.4 Å². The molecule has 92 valence electrons. The molecule has 4 heteroatoms. The molecule has 1 aromatic heterocycles. The lowest BCUT2D eigenvalue weighted by molar-refractivity contribution is 0.622. The SMILES string of the molecule is Cc1nc(-c2ccc(Br)cc2)nc2c1CNCC2. The molecule has 1 aliphatic rings. The highest BCUT2D eigenvalue weighted by Gasteiger charge is 2.15. The van der Waals surface area contributed by atoms with Gasteiger partial charge in [0.15, 0.2) is 5.82 Å². The van der Waals surface area contributed by atoms with Crippen LogP contribution in [0.1, 0.15) is 17.0 Å². The predicted octanol–water partition coefficient (Wildman–Crippen LogP) is 2.86. The largest absolute Gasteiger partial charge is 0.312 e. The standard InChI is InChI=1S/C14H14BrN3/c1-9-12-8-16-7-6-13(12)18-14(17-9)10-2-4-11(15)5-3-10/h2-5,16H,6-8H2,1H3. The first-order chi connectivity index (χ1) is 8.74. The van der Waals surface area contributed by atoms with Gasteiger partial charge in [0, 0.05) is 40.8 Å². The van der Waals surface area contributed by atoms with Gasteiger partial charge in [-0.15, -0.1) is 0 Å². The van der Waals surface area contributed by atoms with Crippen LogP contribution in [-0.4, -0.2) is 16.5 Å². The number of nitrogens with zero attached hydrogens (tertiary/aromatic N) is 2. The number of aryl methyl sites for hydroxylation is 1. The van der Waals surface area contributed by atoms with Crippen molar-refractivity contribution in [1.82, 2.24) is 15.3 Å². The summed E-state index contributed by atoms with van der Waals surface area (Å²) in [6.07, 6.45) is 0.988. The molecule has 0 saturated carbocycles. The average molecular weight is 304 g/mol. The molecule has 3 nitrogen and oxygen atoms in total. The van der Waals surface area contributed by atoms with Crippen LogP contribution in [0.4, 0.5) is 0 Å². The quantitative estimate of drug-likeness (QED) is 0.880. The minimum Gasteiger partial charge on any atom is -0.312 e. The molecule has 2 aromatic rings. The van der Waals surface area contributed by atoms with E-state index in [2.05, 4.69) is 33.2 Å². The second-order valence-electron chi connectivity index (χ2n) is 4.49. The summed E-state index contributed by atoms with van der Waals surface area (Å²) in [7, 11) is 0. The molecule has 0 atom stereocenters. The Bertz CT molecular complexity index is 578. The summed E-state index contributed by atoms with van der Waals surface area (Å²) >= 11 is 3.44. The number of nitrogens with one attached hydrogen (secondary N) is 1. The van der Waals surface area contributed by atoms with E-state index in [4.69, 9.17) is 4.98 Å². The van der Waals surface area contributed by atoms with Gasteiger partial charge in [-0.3, -0.25) is 0 Å². The maximum absolute atomic E-state index is 4.71. The summed E-state index contributed by atoms with van der Waals surface area (Å²) in [6, 6.07) is 8.14. The molecule has 18 heavy (non-hydrogen) atoms. The third-order valence-electron chi connectivity index (χ3n) is 3.24. The van der Waals surface area contributed by atoms with Crippen LogP contribution in [0.5, 0.6) is 0 Å².